The Morgan fingerprint density at radius 3 is 2.53 bits per heavy atom. The van der Waals surface area contributed by atoms with Gasteiger partial charge in [-0.25, -0.2) is 9.97 Å². The Morgan fingerprint density at radius 1 is 1.16 bits per heavy atom. The first-order valence-corrected chi connectivity index (χ1v) is 5.81. The predicted molar refractivity (Wildman–Crippen MR) is 67.9 cm³/mol. The first-order chi connectivity index (χ1) is 9.15. The van der Waals surface area contributed by atoms with E-state index in [9.17, 15) is 0 Å². The fraction of sp³-hybridized carbons (Fsp3) is 0.0769. The Bertz CT molecular complexity index is 785. The van der Waals surface area contributed by atoms with Crippen LogP contribution in [-0.4, -0.2) is 9.97 Å². The molecular weight excluding hydrogens is 262 g/mol. The number of nitriles is 2. The zero-order chi connectivity index (χ0) is 13.6. The molecule has 0 saturated heterocycles. The van der Waals surface area contributed by atoms with E-state index in [2.05, 4.69) is 9.97 Å². The van der Waals surface area contributed by atoms with E-state index in [-0.39, 0.29) is 11.4 Å². The van der Waals surface area contributed by atoms with Crippen molar-refractivity contribution >= 4 is 11.6 Å². The monoisotopic (exact) mass is 267 g/mol. The lowest BCUT2D eigenvalue weighted by atomic mass is 10.1. The summed E-state index contributed by atoms with van der Waals surface area (Å²) in [4.78, 5) is 8.35. The summed E-state index contributed by atoms with van der Waals surface area (Å²) in [6, 6.07) is 8.53. The molecular formula is C13H6ClN5. The van der Waals surface area contributed by atoms with Gasteiger partial charge < -0.3 is 5.73 Å². The fourth-order valence-electron chi connectivity index (χ4n) is 2.17. The van der Waals surface area contributed by atoms with Gasteiger partial charge in [0.15, 0.2) is 11.4 Å². The van der Waals surface area contributed by atoms with Gasteiger partial charge in [-0.2, -0.15) is 10.5 Å². The molecule has 0 fully saturated rings. The number of nitrogens with zero attached hydrogens (tertiary/aromatic N) is 4. The quantitative estimate of drug-likeness (QED) is 0.786. The van der Waals surface area contributed by atoms with Gasteiger partial charge in [0, 0.05) is 10.6 Å². The van der Waals surface area contributed by atoms with Crippen LogP contribution in [0.5, 0.6) is 0 Å². The van der Waals surface area contributed by atoms with E-state index in [1.807, 2.05) is 12.1 Å². The van der Waals surface area contributed by atoms with E-state index in [0.29, 0.717) is 16.4 Å². The van der Waals surface area contributed by atoms with Crippen LogP contribution in [0.25, 0.3) is 11.3 Å². The minimum Gasteiger partial charge on any atom is -0.319 e. The zero-order valence-electron chi connectivity index (χ0n) is 9.55. The van der Waals surface area contributed by atoms with Crippen molar-refractivity contribution < 1.29 is 0 Å². The van der Waals surface area contributed by atoms with Gasteiger partial charge in [0.25, 0.3) is 0 Å². The average Bonchev–Trinajstić information content (AvgIpc) is 2.70. The third kappa shape index (κ3) is 1.57. The lowest BCUT2D eigenvalue weighted by molar-refractivity contribution is 0.846. The smallest absolute Gasteiger partial charge is 0.177 e. The van der Waals surface area contributed by atoms with Gasteiger partial charge in [-0.15, -0.1) is 0 Å². The highest BCUT2D eigenvalue weighted by molar-refractivity contribution is 6.30. The van der Waals surface area contributed by atoms with Crippen LogP contribution >= 0.6 is 11.6 Å². The highest BCUT2D eigenvalue weighted by Crippen LogP contribution is 2.41. The molecule has 1 unspecified atom stereocenters. The average molecular weight is 268 g/mol. The third-order valence-electron chi connectivity index (χ3n) is 3.03. The van der Waals surface area contributed by atoms with Crippen LogP contribution < -0.4 is 5.73 Å². The second-order valence-corrected chi connectivity index (χ2v) is 4.52. The molecule has 5 nitrogen and oxygen atoms in total. The van der Waals surface area contributed by atoms with Crippen molar-refractivity contribution in [2.24, 2.45) is 5.73 Å². The molecule has 19 heavy (non-hydrogen) atoms. The van der Waals surface area contributed by atoms with Gasteiger partial charge in [0.1, 0.15) is 12.1 Å². The van der Waals surface area contributed by atoms with E-state index >= 15 is 0 Å². The van der Waals surface area contributed by atoms with E-state index in [1.165, 1.54) is 0 Å². The molecule has 1 aliphatic carbocycles. The van der Waals surface area contributed by atoms with Crippen molar-refractivity contribution in [1.82, 2.24) is 9.97 Å². The van der Waals surface area contributed by atoms with Crippen molar-refractivity contribution in [1.29, 1.82) is 10.5 Å². The molecule has 1 atom stereocenters. The summed E-state index contributed by atoms with van der Waals surface area (Å²) in [5, 5.41) is 18.5. The molecule has 0 spiro atoms. The van der Waals surface area contributed by atoms with Crippen LogP contribution in [0.15, 0.2) is 18.2 Å². The van der Waals surface area contributed by atoms with Gasteiger partial charge in [0.2, 0.25) is 0 Å². The van der Waals surface area contributed by atoms with E-state index in [4.69, 9.17) is 27.9 Å². The maximum atomic E-state index is 8.98. The second kappa shape index (κ2) is 4.03. The van der Waals surface area contributed by atoms with Crippen LogP contribution in [-0.2, 0) is 0 Å². The summed E-state index contributed by atoms with van der Waals surface area (Å²) < 4.78 is 0. The molecule has 0 radical (unpaired) electrons. The lowest BCUT2D eigenvalue weighted by Gasteiger charge is -2.05. The molecule has 2 aromatic rings. The number of fused-ring (bicyclic) bond motifs is 3. The molecule has 1 aromatic heterocycles. The number of halogens is 1. The Hall–Kier alpha value is -2.47. The summed E-state index contributed by atoms with van der Waals surface area (Å²) in [5.74, 6) is 0. The topological polar surface area (TPSA) is 99.4 Å². The first-order valence-electron chi connectivity index (χ1n) is 5.43. The Labute approximate surface area is 113 Å². The molecule has 90 valence electrons. The Kier molecular flexibility index (Phi) is 2.46. The van der Waals surface area contributed by atoms with Gasteiger partial charge in [-0.05, 0) is 17.7 Å². The minimum absolute atomic E-state index is 0.00407. The van der Waals surface area contributed by atoms with Crippen molar-refractivity contribution in [3.8, 4) is 23.4 Å². The van der Waals surface area contributed by atoms with E-state index in [0.717, 1.165) is 11.1 Å². The van der Waals surface area contributed by atoms with Crippen LogP contribution in [0, 0.1) is 22.7 Å². The Balaban J connectivity index is 2.33. The SMILES string of the molecule is N#Cc1nc2c(nc1C#N)C(N)c1cc(Cl)ccc1-2. The molecule has 1 heterocycles. The molecule has 0 saturated carbocycles. The van der Waals surface area contributed by atoms with Crippen molar-refractivity contribution in [2.45, 2.75) is 6.04 Å². The molecule has 0 aliphatic heterocycles. The number of benzene rings is 1. The fourth-order valence-corrected chi connectivity index (χ4v) is 2.35. The first kappa shape index (κ1) is 11.6. The molecule has 0 bridgehead atoms. The normalized spacial score (nSPS) is 15.3. The van der Waals surface area contributed by atoms with Crippen LogP contribution in [0.3, 0.4) is 0 Å². The summed E-state index contributed by atoms with van der Waals surface area (Å²) in [6.45, 7) is 0. The third-order valence-corrected chi connectivity index (χ3v) is 3.27. The number of nitrogens with two attached hydrogens (primary N) is 1. The number of rotatable bonds is 0. The zero-order valence-corrected chi connectivity index (χ0v) is 10.3. The van der Waals surface area contributed by atoms with Crippen LogP contribution in [0.4, 0.5) is 0 Å². The highest BCUT2D eigenvalue weighted by Gasteiger charge is 2.30. The maximum Gasteiger partial charge on any atom is 0.177 e. The summed E-state index contributed by atoms with van der Waals surface area (Å²) in [5.41, 5.74) is 8.77. The van der Waals surface area contributed by atoms with Crippen LogP contribution in [0.2, 0.25) is 5.02 Å². The minimum atomic E-state index is -0.476. The largest absolute Gasteiger partial charge is 0.319 e. The van der Waals surface area contributed by atoms with Crippen LogP contribution in [0.1, 0.15) is 28.7 Å². The van der Waals surface area contributed by atoms with Gasteiger partial charge in [-0.3, -0.25) is 0 Å². The number of aromatic nitrogens is 2. The second-order valence-electron chi connectivity index (χ2n) is 4.09. The molecule has 1 aliphatic rings. The number of hydrogen-bond acceptors (Lipinski definition) is 5. The highest BCUT2D eigenvalue weighted by atomic mass is 35.5. The Morgan fingerprint density at radius 2 is 1.84 bits per heavy atom. The summed E-state index contributed by atoms with van der Waals surface area (Å²) in [7, 11) is 0. The maximum absolute atomic E-state index is 8.98. The molecule has 3 rings (SSSR count). The van der Waals surface area contributed by atoms with Gasteiger partial charge >= 0.3 is 0 Å². The lowest BCUT2D eigenvalue weighted by Crippen LogP contribution is -2.11. The summed E-state index contributed by atoms with van der Waals surface area (Å²) >= 11 is 5.95. The summed E-state index contributed by atoms with van der Waals surface area (Å²) in [6.07, 6.45) is 0. The molecule has 6 heteroatoms. The van der Waals surface area contributed by atoms with E-state index in [1.54, 1.807) is 18.2 Å². The van der Waals surface area contributed by atoms with E-state index < -0.39 is 6.04 Å². The van der Waals surface area contributed by atoms with Crippen molar-refractivity contribution in [2.75, 3.05) is 0 Å². The van der Waals surface area contributed by atoms with Crippen molar-refractivity contribution in [3.63, 3.8) is 0 Å². The standard InChI is InChI=1S/C13H6ClN5/c14-6-1-2-7-8(3-6)11(17)13-12(7)18-9(4-15)10(5-16)19-13/h1-3,11H,17H2. The van der Waals surface area contributed by atoms with Crippen molar-refractivity contribution in [3.05, 3.63) is 45.9 Å². The van der Waals surface area contributed by atoms with Gasteiger partial charge in [0.05, 0.1) is 17.4 Å². The predicted octanol–water partition coefficient (Wildman–Crippen LogP) is 1.90. The molecule has 2 N–H and O–H groups in total. The van der Waals surface area contributed by atoms with Gasteiger partial charge in [-0.1, -0.05) is 17.7 Å². The molecule has 1 aromatic carbocycles. The molecule has 0 amide bonds. The number of hydrogen-bond donors (Lipinski definition) is 1.